The van der Waals surface area contributed by atoms with E-state index in [0.29, 0.717) is 11.4 Å². The smallest absolute Gasteiger partial charge is 0.268 e. The number of amides is 1. The molecule has 0 aliphatic heterocycles. The van der Waals surface area contributed by atoms with E-state index >= 15 is 0 Å². The Hall–Kier alpha value is -2.71. The molecule has 0 bridgehead atoms. The number of carbonyl (C=O) groups is 1. The first-order valence-electron chi connectivity index (χ1n) is 7.04. The molecule has 0 unspecified atom stereocenters. The maximum absolute atomic E-state index is 11.7. The number of hydrogen-bond acceptors (Lipinski definition) is 7. The van der Waals surface area contributed by atoms with Crippen LogP contribution in [-0.2, 0) is 0 Å². The van der Waals surface area contributed by atoms with Crippen molar-refractivity contribution in [2.75, 3.05) is 0 Å². The summed E-state index contributed by atoms with van der Waals surface area (Å²) < 4.78 is 0.978. The molecular formula is C16H11N5OS2. The number of aromatic nitrogens is 4. The number of rotatable bonds is 3. The summed E-state index contributed by atoms with van der Waals surface area (Å²) in [5.41, 5.74) is 8.19. The topological polar surface area (TPSA) is 94.6 Å². The molecule has 1 amide bonds. The van der Waals surface area contributed by atoms with Gasteiger partial charge in [0.05, 0.1) is 16.3 Å². The van der Waals surface area contributed by atoms with Crippen LogP contribution in [0.5, 0.6) is 0 Å². The minimum atomic E-state index is -0.529. The van der Waals surface area contributed by atoms with Crippen molar-refractivity contribution in [1.29, 1.82) is 0 Å². The number of aryl methyl sites for hydroxylation is 1. The van der Waals surface area contributed by atoms with E-state index in [4.69, 9.17) is 5.73 Å². The number of hydrogen-bond donors (Lipinski definition) is 1. The van der Waals surface area contributed by atoms with Crippen molar-refractivity contribution < 1.29 is 4.79 Å². The fraction of sp³-hybridized carbons (Fsp3) is 0.0625. The van der Waals surface area contributed by atoms with Crippen molar-refractivity contribution >= 4 is 38.7 Å². The second-order valence-electron chi connectivity index (χ2n) is 5.11. The summed E-state index contributed by atoms with van der Waals surface area (Å²) >= 11 is 3.05. The first-order chi connectivity index (χ1) is 11.6. The van der Waals surface area contributed by atoms with Crippen LogP contribution in [-0.4, -0.2) is 25.8 Å². The molecule has 0 aromatic carbocycles. The molecule has 0 atom stereocenters. The van der Waals surface area contributed by atoms with Gasteiger partial charge in [-0.1, -0.05) is 0 Å². The number of nitrogens with zero attached hydrogens (tertiary/aromatic N) is 4. The fourth-order valence-electron chi connectivity index (χ4n) is 2.44. The molecule has 4 heterocycles. The lowest BCUT2D eigenvalue weighted by atomic mass is 10.2. The molecular weight excluding hydrogens is 342 g/mol. The molecule has 0 spiro atoms. The van der Waals surface area contributed by atoms with Crippen LogP contribution in [0.1, 0.15) is 16.2 Å². The third-order valence-corrected chi connectivity index (χ3v) is 5.61. The number of carbonyl (C=O) groups excluding carboxylic acids is 1. The monoisotopic (exact) mass is 353 g/mol. The molecule has 0 aliphatic rings. The van der Waals surface area contributed by atoms with E-state index in [1.165, 1.54) is 17.7 Å². The van der Waals surface area contributed by atoms with Gasteiger partial charge in [-0.2, -0.15) is 0 Å². The summed E-state index contributed by atoms with van der Waals surface area (Å²) in [6.07, 6.45) is 4.93. The van der Waals surface area contributed by atoms with Crippen molar-refractivity contribution in [2.24, 2.45) is 5.73 Å². The van der Waals surface area contributed by atoms with Crippen LogP contribution < -0.4 is 5.73 Å². The highest BCUT2D eigenvalue weighted by Crippen LogP contribution is 2.36. The van der Waals surface area contributed by atoms with Crippen LogP contribution in [0.2, 0.25) is 0 Å². The average Bonchev–Trinajstić information content (AvgIpc) is 3.20. The van der Waals surface area contributed by atoms with E-state index in [1.54, 1.807) is 23.7 Å². The second kappa shape index (κ2) is 5.73. The Morgan fingerprint density at radius 3 is 2.75 bits per heavy atom. The first-order valence-corrected chi connectivity index (χ1v) is 8.74. The maximum atomic E-state index is 11.7. The van der Waals surface area contributed by atoms with Gasteiger partial charge < -0.3 is 5.73 Å². The Balaban J connectivity index is 1.89. The second-order valence-corrected chi connectivity index (χ2v) is 7.06. The number of pyridine rings is 1. The highest BCUT2D eigenvalue weighted by atomic mass is 32.1. The van der Waals surface area contributed by atoms with Gasteiger partial charge in [0.2, 0.25) is 0 Å². The van der Waals surface area contributed by atoms with Crippen LogP contribution in [0.4, 0.5) is 0 Å². The van der Waals surface area contributed by atoms with Crippen LogP contribution in [0.3, 0.4) is 0 Å². The largest absolute Gasteiger partial charge is 0.364 e. The molecule has 4 rings (SSSR count). The van der Waals surface area contributed by atoms with Crippen molar-refractivity contribution in [3.05, 3.63) is 47.6 Å². The molecule has 0 saturated carbocycles. The molecule has 0 radical (unpaired) electrons. The normalized spacial score (nSPS) is 11.0. The minimum absolute atomic E-state index is 0.293. The van der Waals surface area contributed by atoms with Crippen molar-refractivity contribution in [3.63, 3.8) is 0 Å². The summed E-state index contributed by atoms with van der Waals surface area (Å²) in [5, 5.41) is 3.53. The quantitative estimate of drug-likeness (QED) is 0.610. The van der Waals surface area contributed by atoms with Gasteiger partial charge in [0.15, 0.2) is 0 Å². The maximum Gasteiger partial charge on any atom is 0.268 e. The van der Waals surface area contributed by atoms with Gasteiger partial charge in [0.25, 0.3) is 5.91 Å². The highest BCUT2D eigenvalue weighted by molar-refractivity contribution is 7.19. The van der Waals surface area contributed by atoms with E-state index in [0.717, 1.165) is 31.2 Å². The summed E-state index contributed by atoms with van der Waals surface area (Å²) in [5.74, 6) is -0.529. The number of fused-ring (bicyclic) bond motifs is 1. The predicted molar refractivity (Wildman–Crippen MR) is 95.0 cm³/mol. The molecule has 0 saturated heterocycles. The van der Waals surface area contributed by atoms with Crippen LogP contribution in [0.25, 0.3) is 31.2 Å². The lowest BCUT2D eigenvalue weighted by Crippen LogP contribution is -2.13. The van der Waals surface area contributed by atoms with Gasteiger partial charge in [-0.25, -0.2) is 19.9 Å². The number of primary amides is 1. The lowest BCUT2D eigenvalue weighted by molar-refractivity contribution is 0.0997. The third kappa shape index (κ3) is 2.45. The average molecular weight is 353 g/mol. The molecule has 2 N–H and O–H groups in total. The highest BCUT2D eigenvalue weighted by Gasteiger charge is 2.17. The molecule has 4 aromatic rings. The molecule has 24 heavy (non-hydrogen) atoms. The van der Waals surface area contributed by atoms with Crippen molar-refractivity contribution in [3.8, 4) is 21.1 Å². The third-order valence-electron chi connectivity index (χ3n) is 3.52. The summed E-state index contributed by atoms with van der Waals surface area (Å²) in [6, 6.07) is 3.83. The molecule has 6 nitrogen and oxygen atoms in total. The molecule has 4 aromatic heterocycles. The summed E-state index contributed by atoms with van der Waals surface area (Å²) in [6.45, 7) is 1.92. The van der Waals surface area contributed by atoms with Gasteiger partial charge in [-0.3, -0.25) is 4.79 Å². The zero-order valence-corrected chi connectivity index (χ0v) is 14.2. The number of thiophene rings is 1. The van der Waals surface area contributed by atoms with E-state index in [2.05, 4.69) is 19.9 Å². The zero-order valence-electron chi connectivity index (χ0n) is 12.6. The first kappa shape index (κ1) is 14.9. The Labute approximate surface area is 145 Å². The lowest BCUT2D eigenvalue weighted by Gasteiger charge is -2.03. The minimum Gasteiger partial charge on any atom is -0.364 e. The van der Waals surface area contributed by atoms with Crippen molar-refractivity contribution in [1.82, 2.24) is 19.9 Å². The van der Waals surface area contributed by atoms with Gasteiger partial charge >= 0.3 is 0 Å². The Bertz CT molecular complexity index is 1050. The Morgan fingerprint density at radius 1 is 1.21 bits per heavy atom. The van der Waals surface area contributed by atoms with Gasteiger partial charge in [-0.15, -0.1) is 22.7 Å². The Kier molecular flexibility index (Phi) is 3.55. The van der Waals surface area contributed by atoms with E-state index < -0.39 is 5.91 Å². The predicted octanol–water partition coefficient (Wildman–Crippen LogP) is 3.28. The zero-order chi connectivity index (χ0) is 16.7. The van der Waals surface area contributed by atoms with Gasteiger partial charge in [0, 0.05) is 28.0 Å². The van der Waals surface area contributed by atoms with Crippen LogP contribution >= 0.6 is 22.7 Å². The van der Waals surface area contributed by atoms with Gasteiger partial charge in [-0.05, 0) is 24.4 Å². The summed E-state index contributed by atoms with van der Waals surface area (Å²) in [4.78, 5) is 29.8. The van der Waals surface area contributed by atoms with E-state index in [-0.39, 0.29) is 0 Å². The molecule has 0 fully saturated rings. The SMILES string of the molecule is Cc1nc(-c2cncnc2)sc1-c1cc2sccc2c(C(N)=O)n1. The molecule has 8 heteroatoms. The Morgan fingerprint density at radius 2 is 2.00 bits per heavy atom. The number of nitrogens with two attached hydrogens (primary N) is 1. The molecule has 118 valence electrons. The van der Waals surface area contributed by atoms with E-state index in [9.17, 15) is 4.79 Å². The van der Waals surface area contributed by atoms with Gasteiger partial charge in [0.1, 0.15) is 17.0 Å². The standard InChI is InChI=1S/C16H11N5OS2/c1-8-14(24-16(20-8)9-5-18-7-19-6-9)11-4-12-10(2-3-23-12)13(21-11)15(17)22/h2-7H,1H3,(H2,17,22). The van der Waals surface area contributed by atoms with Crippen molar-refractivity contribution in [2.45, 2.75) is 6.92 Å². The number of thiazole rings is 1. The van der Waals surface area contributed by atoms with E-state index in [1.807, 2.05) is 24.4 Å². The van der Waals surface area contributed by atoms with Crippen LogP contribution in [0.15, 0.2) is 36.2 Å². The fourth-order valence-corrected chi connectivity index (χ4v) is 4.26. The van der Waals surface area contributed by atoms with Crippen LogP contribution in [0, 0.1) is 6.92 Å². The molecule has 0 aliphatic carbocycles. The summed E-state index contributed by atoms with van der Waals surface area (Å²) in [7, 11) is 0.